The number of carbonyl (C=O) groups is 2. The summed E-state index contributed by atoms with van der Waals surface area (Å²) in [5, 5.41) is 0. The average Bonchev–Trinajstić information content (AvgIpc) is 3.12. The molecule has 2 atom stereocenters. The Bertz CT molecular complexity index is 636. The highest BCUT2D eigenvalue weighted by Crippen LogP contribution is 2.34. The third-order valence-electron chi connectivity index (χ3n) is 5.01. The van der Waals surface area contributed by atoms with Gasteiger partial charge in [-0.05, 0) is 52.9 Å². The number of amides is 2. The van der Waals surface area contributed by atoms with Crippen LogP contribution >= 0.6 is 15.9 Å². The van der Waals surface area contributed by atoms with Crippen LogP contribution in [0.3, 0.4) is 0 Å². The van der Waals surface area contributed by atoms with Crippen molar-refractivity contribution in [3.63, 3.8) is 0 Å². The number of hydrogen-bond acceptors (Lipinski definition) is 3. The molecule has 0 radical (unpaired) electrons. The third kappa shape index (κ3) is 3.02. The van der Waals surface area contributed by atoms with Gasteiger partial charge in [-0.15, -0.1) is 0 Å². The predicted octanol–water partition coefficient (Wildman–Crippen LogP) is 2.00. The first kappa shape index (κ1) is 16.5. The maximum atomic E-state index is 12.7. The number of benzene rings is 1. The van der Waals surface area contributed by atoms with Crippen molar-refractivity contribution in [2.75, 3.05) is 31.1 Å². The average molecular weight is 380 g/mol. The summed E-state index contributed by atoms with van der Waals surface area (Å²) in [5.74, 6) is -0.688. The molecule has 6 heteroatoms. The van der Waals surface area contributed by atoms with E-state index < -0.39 is 5.92 Å². The summed E-state index contributed by atoms with van der Waals surface area (Å²) in [6, 6.07) is 7.62. The number of anilines is 1. The van der Waals surface area contributed by atoms with Crippen molar-refractivity contribution in [1.29, 1.82) is 0 Å². The van der Waals surface area contributed by atoms with Crippen LogP contribution in [0.2, 0.25) is 0 Å². The van der Waals surface area contributed by atoms with Crippen LogP contribution in [-0.4, -0.2) is 42.9 Å². The van der Waals surface area contributed by atoms with Gasteiger partial charge in [0.05, 0.1) is 5.69 Å². The van der Waals surface area contributed by atoms with Crippen molar-refractivity contribution in [3.8, 4) is 0 Å². The zero-order chi connectivity index (χ0) is 16.6. The second kappa shape index (κ2) is 6.24. The Balaban J connectivity index is 1.72. The minimum atomic E-state index is -0.553. The molecule has 2 aliphatic heterocycles. The molecule has 1 aromatic rings. The van der Waals surface area contributed by atoms with Gasteiger partial charge in [0, 0.05) is 24.1 Å². The minimum Gasteiger partial charge on any atom is -0.341 e. The second-order valence-corrected chi connectivity index (χ2v) is 7.66. The van der Waals surface area contributed by atoms with Gasteiger partial charge in [0.2, 0.25) is 11.8 Å². The van der Waals surface area contributed by atoms with Crippen LogP contribution in [-0.2, 0) is 9.59 Å². The van der Waals surface area contributed by atoms with Gasteiger partial charge in [-0.1, -0.05) is 19.1 Å². The molecule has 0 saturated carbocycles. The molecule has 5 nitrogen and oxygen atoms in total. The van der Waals surface area contributed by atoms with E-state index in [0.717, 1.165) is 16.6 Å². The zero-order valence-electron chi connectivity index (χ0n) is 13.3. The molecule has 0 spiro atoms. The van der Waals surface area contributed by atoms with Crippen molar-refractivity contribution >= 4 is 33.4 Å². The number of likely N-dealkylation sites (tertiary alicyclic amines) is 1. The largest absolute Gasteiger partial charge is 0.341 e. The van der Waals surface area contributed by atoms with E-state index in [-0.39, 0.29) is 17.2 Å². The molecule has 0 bridgehead atoms. The molecule has 0 aliphatic carbocycles. The smallest absolute Gasteiger partial charge is 0.239 e. The SMILES string of the molecule is CC1(CN)CCN(C(=O)C2CCN(c3ccccc3Br)C2=O)C1. The number of hydrogen-bond donors (Lipinski definition) is 1. The first-order valence-electron chi connectivity index (χ1n) is 8.00. The minimum absolute atomic E-state index is 0.0144. The van der Waals surface area contributed by atoms with Crippen molar-refractivity contribution in [2.45, 2.75) is 19.8 Å². The van der Waals surface area contributed by atoms with E-state index in [2.05, 4.69) is 22.9 Å². The Kier molecular flexibility index (Phi) is 4.47. The quantitative estimate of drug-likeness (QED) is 0.816. The van der Waals surface area contributed by atoms with Crippen LogP contribution in [0.1, 0.15) is 19.8 Å². The van der Waals surface area contributed by atoms with E-state index in [1.807, 2.05) is 29.2 Å². The molecule has 2 saturated heterocycles. The Hall–Kier alpha value is -1.40. The lowest BCUT2D eigenvalue weighted by Crippen LogP contribution is -2.40. The van der Waals surface area contributed by atoms with Crippen LogP contribution in [0.5, 0.6) is 0 Å². The van der Waals surface area contributed by atoms with Gasteiger partial charge in [0.1, 0.15) is 5.92 Å². The van der Waals surface area contributed by atoms with Gasteiger partial charge < -0.3 is 15.5 Å². The van der Waals surface area contributed by atoms with Crippen molar-refractivity contribution < 1.29 is 9.59 Å². The molecule has 124 valence electrons. The van der Waals surface area contributed by atoms with Crippen LogP contribution in [0.25, 0.3) is 0 Å². The molecule has 2 N–H and O–H groups in total. The lowest BCUT2D eigenvalue weighted by Gasteiger charge is -2.24. The van der Waals surface area contributed by atoms with Crippen molar-refractivity contribution in [2.24, 2.45) is 17.1 Å². The Morgan fingerprint density at radius 2 is 2.13 bits per heavy atom. The molecular weight excluding hydrogens is 358 g/mol. The van der Waals surface area contributed by atoms with Crippen LogP contribution in [0, 0.1) is 11.3 Å². The summed E-state index contributed by atoms with van der Waals surface area (Å²) in [4.78, 5) is 29.0. The first-order valence-corrected chi connectivity index (χ1v) is 8.79. The Morgan fingerprint density at radius 1 is 1.39 bits per heavy atom. The number of halogens is 1. The number of para-hydroxylation sites is 1. The molecule has 2 heterocycles. The van der Waals surface area contributed by atoms with E-state index in [9.17, 15) is 9.59 Å². The number of rotatable bonds is 3. The fourth-order valence-electron chi connectivity index (χ4n) is 3.42. The summed E-state index contributed by atoms with van der Waals surface area (Å²) in [6.07, 6.45) is 1.49. The molecular formula is C17H22BrN3O2. The summed E-state index contributed by atoms with van der Waals surface area (Å²) in [5.41, 5.74) is 6.63. The van der Waals surface area contributed by atoms with Gasteiger partial charge >= 0.3 is 0 Å². The van der Waals surface area contributed by atoms with Crippen molar-refractivity contribution in [1.82, 2.24) is 4.90 Å². The lowest BCUT2D eigenvalue weighted by atomic mass is 9.90. The molecule has 0 aromatic heterocycles. The highest BCUT2D eigenvalue weighted by Gasteiger charge is 2.43. The fourth-order valence-corrected chi connectivity index (χ4v) is 3.92. The summed E-state index contributed by atoms with van der Waals surface area (Å²) in [7, 11) is 0. The topological polar surface area (TPSA) is 66.6 Å². The molecule has 1 aromatic carbocycles. The normalized spacial score (nSPS) is 27.8. The van der Waals surface area contributed by atoms with Crippen LogP contribution in [0.4, 0.5) is 5.69 Å². The first-order chi connectivity index (χ1) is 10.9. The molecule has 2 aliphatic rings. The van der Waals surface area contributed by atoms with Gasteiger partial charge in [-0.25, -0.2) is 0 Å². The number of nitrogens with zero attached hydrogens (tertiary/aromatic N) is 2. The van der Waals surface area contributed by atoms with Crippen molar-refractivity contribution in [3.05, 3.63) is 28.7 Å². The lowest BCUT2D eigenvalue weighted by molar-refractivity contribution is -0.139. The summed E-state index contributed by atoms with van der Waals surface area (Å²) < 4.78 is 0.873. The van der Waals surface area contributed by atoms with Gasteiger partial charge in [0.15, 0.2) is 0 Å². The van der Waals surface area contributed by atoms with E-state index >= 15 is 0 Å². The molecule has 2 fully saturated rings. The third-order valence-corrected chi connectivity index (χ3v) is 5.68. The molecule has 2 unspecified atom stereocenters. The van der Waals surface area contributed by atoms with E-state index in [1.165, 1.54) is 0 Å². The Morgan fingerprint density at radius 3 is 2.78 bits per heavy atom. The van der Waals surface area contributed by atoms with Crippen LogP contribution < -0.4 is 10.6 Å². The fraction of sp³-hybridized carbons (Fsp3) is 0.529. The van der Waals surface area contributed by atoms with E-state index in [4.69, 9.17) is 5.73 Å². The van der Waals surface area contributed by atoms with Gasteiger partial charge in [-0.2, -0.15) is 0 Å². The highest BCUT2D eigenvalue weighted by molar-refractivity contribution is 9.10. The second-order valence-electron chi connectivity index (χ2n) is 6.81. The molecule has 2 amide bonds. The molecule has 3 rings (SSSR count). The molecule has 23 heavy (non-hydrogen) atoms. The Labute approximate surface area is 144 Å². The van der Waals surface area contributed by atoms with Gasteiger partial charge in [0.25, 0.3) is 0 Å². The summed E-state index contributed by atoms with van der Waals surface area (Å²) in [6.45, 7) is 4.61. The maximum absolute atomic E-state index is 12.7. The van der Waals surface area contributed by atoms with E-state index in [1.54, 1.807) is 4.90 Å². The monoisotopic (exact) mass is 379 g/mol. The zero-order valence-corrected chi connectivity index (χ0v) is 14.9. The summed E-state index contributed by atoms with van der Waals surface area (Å²) >= 11 is 3.48. The number of nitrogens with two attached hydrogens (primary N) is 1. The standard InChI is InChI=1S/C17H22BrN3O2/c1-17(10-19)7-9-20(11-17)15(22)12-6-8-21(16(12)23)14-5-3-2-4-13(14)18/h2-5,12H,6-11,19H2,1H3. The highest BCUT2D eigenvalue weighted by atomic mass is 79.9. The van der Waals surface area contributed by atoms with E-state index in [0.29, 0.717) is 32.6 Å². The van der Waals surface area contributed by atoms with Crippen LogP contribution in [0.15, 0.2) is 28.7 Å². The predicted molar refractivity (Wildman–Crippen MR) is 93.0 cm³/mol. The van der Waals surface area contributed by atoms with Gasteiger partial charge in [-0.3, -0.25) is 9.59 Å². The number of carbonyl (C=O) groups excluding carboxylic acids is 2. The maximum Gasteiger partial charge on any atom is 0.239 e.